The van der Waals surface area contributed by atoms with E-state index in [0.717, 1.165) is 67.9 Å². The zero-order chi connectivity index (χ0) is 18.1. The van der Waals surface area contributed by atoms with Gasteiger partial charge in [0.1, 0.15) is 5.82 Å². The van der Waals surface area contributed by atoms with Crippen LogP contribution in [0.2, 0.25) is 0 Å². The molecule has 0 spiro atoms. The molecule has 2 aliphatic rings. The molecule has 7 nitrogen and oxygen atoms in total. The maximum absolute atomic E-state index is 5.00. The number of aromatic nitrogens is 4. The molecule has 4 heterocycles. The number of hydrogen-bond donors (Lipinski definition) is 0. The Morgan fingerprint density at radius 2 is 1.30 bits per heavy atom. The van der Waals surface area contributed by atoms with Crippen molar-refractivity contribution in [2.75, 3.05) is 54.0 Å². The molecule has 0 aliphatic carbocycles. The fraction of sp³-hybridized carbons (Fsp3) is 0.400. The summed E-state index contributed by atoms with van der Waals surface area (Å²) in [5.41, 5.74) is 1.03. The number of nitrogens with zero attached hydrogens (tertiary/aromatic N) is 7. The number of rotatable bonds is 3. The summed E-state index contributed by atoms with van der Waals surface area (Å²) in [6.45, 7) is 5.66. The van der Waals surface area contributed by atoms with Gasteiger partial charge in [-0.1, -0.05) is 12.1 Å². The maximum Gasteiger partial charge on any atom is 0.228 e. The Morgan fingerprint density at radius 1 is 0.630 bits per heavy atom. The summed E-state index contributed by atoms with van der Waals surface area (Å²) in [4.78, 5) is 25.5. The van der Waals surface area contributed by atoms with Crippen LogP contribution in [-0.2, 0) is 0 Å². The van der Waals surface area contributed by atoms with Crippen LogP contribution in [0, 0.1) is 0 Å². The van der Waals surface area contributed by atoms with Crippen molar-refractivity contribution in [3.05, 3.63) is 42.7 Å². The molecule has 3 aromatic rings. The topological polar surface area (TPSA) is 61.3 Å². The maximum atomic E-state index is 5.00. The Kier molecular flexibility index (Phi) is 4.20. The highest BCUT2D eigenvalue weighted by atomic mass is 15.4. The van der Waals surface area contributed by atoms with Gasteiger partial charge in [0.2, 0.25) is 11.9 Å². The molecule has 5 rings (SSSR count). The van der Waals surface area contributed by atoms with Gasteiger partial charge in [0, 0.05) is 57.0 Å². The molecule has 2 aliphatic heterocycles. The molecule has 0 unspecified atom stereocenters. The highest BCUT2D eigenvalue weighted by Crippen LogP contribution is 2.29. The lowest BCUT2D eigenvalue weighted by Gasteiger charge is -2.35. The molecule has 7 heteroatoms. The molecular formula is C20H23N7. The van der Waals surface area contributed by atoms with Crippen LogP contribution in [0.15, 0.2) is 42.7 Å². The molecule has 27 heavy (non-hydrogen) atoms. The van der Waals surface area contributed by atoms with Gasteiger partial charge in [0.05, 0.1) is 5.52 Å². The van der Waals surface area contributed by atoms with E-state index < -0.39 is 0 Å². The first-order valence-corrected chi connectivity index (χ1v) is 9.67. The normalized spacial score (nSPS) is 17.7. The van der Waals surface area contributed by atoms with Crippen LogP contribution >= 0.6 is 0 Å². The van der Waals surface area contributed by atoms with E-state index in [1.165, 1.54) is 12.8 Å². The fourth-order valence-corrected chi connectivity index (χ4v) is 3.92. The van der Waals surface area contributed by atoms with Crippen LogP contribution in [0.25, 0.3) is 10.9 Å². The minimum Gasteiger partial charge on any atom is -0.356 e. The summed E-state index contributed by atoms with van der Waals surface area (Å²) < 4.78 is 0. The van der Waals surface area contributed by atoms with E-state index in [4.69, 9.17) is 9.97 Å². The van der Waals surface area contributed by atoms with Gasteiger partial charge in [-0.05, 0) is 31.0 Å². The van der Waals surface area contributed by atoms with E-state index in [1.54, 1.807) is 12.4 Å². The van der Waals surface area contributed by atoms with Crippen LogP contribution in [0.3, 0.4) is 0 Å². The highest BCUT2D eigenvalue weighted by Gasteiger charge is 2.23. The van der Waals surface area contributed by atoms with Crippen LogP contribution < -0.4 is 14.7 Å². The van der Waals surface area contributed by atoms with Gasteiger partial charge in [0.15, 0.2) is 0 Å². The minimum absolute atomic E-state index is 0.800. The SMILES string of the molecule is c1cnc(N2CCN(c3nc(N4CCCC4)c4ccccc4n3)CC2)nc1. The van der Waals surface area contributed by atoms with Gasteiger partial charge in [-0.3, -0.25) is 0 Å². The van der Waals surface area contributed by atoms with Crippen molar-refractivity contribution < 1.29 is 0 Å². The van der Waals surface area contributed by atoms with Crippen LogP contribution in [-0.4, -0.2) is 59.2 Å². The Morgan fingerprint density at radius 3 is 2.04 bits per heavy atom. The molecule has 138 valence electrons. The van der Waals surface area contributed by atoms with Gasteiger partial charge in [0.25, 0.3) is 0 Å². The summed E-state index contributed by atoms with van der Waals surface area (Å²) in [6, 6.07) is 10.2. The lowest BCUT2D eigenvalue weighted by molar-refractivity contribution is 0.628. The largest absolute Gasteiger partial charge is 0.356 e. The number of para-hydroxylation sites is 1. The molecule has 0 N–H and O–H groups in total. The lowest BCUT2D eigenvalue weighted by atomic mass is 10.2. The number of benzene rings is 1. The highest BCUT2D eigenvalue weighted by molar-refractivity contribution is 5.90. The molecule has 0 saturated carbocycles. The Balaban J connectivity index is 1.42. The third-order valence-electron chi connectivity index (χ3n) is 5.37. The summed E-state index contributed by atoms with van der Waals surface area (Å²) in [6.07, 6.45) is 6.07. The molecule has 0 atom stereocenters. The second-order valence-electron chi connectivity index (χ2n) is 7.08. The van der Waals surface area contributed by atoms with Crippen molar-refractivity contribution in [3.63, 3.8) is 0 Å². The predicted octanol–water partition coefficient (Wildman–Crippen LogP) is 2.35. The van der Waals surface area contributed by atoms with Gasteiger partial charge in [-0.15, -0.1) is 0 Å². The standard InChI is InChI=1S/C20H23N7/c1-2-7-17-16(6-1)18(25-10-3-4-11-25)24-20(23-17)27-14-12-26(13-15-27)19-21-8-5-9-22-19/h1-2,5-9H,3-4,10-15H2. The number of fused-ring (bicyclic) bond motifs is 1. The van der Waals surface area contributed by atoms with Crippen molar-refractivity contribution in [1.82, 2.24) is 19.9 Å². The number of hydrogen-bond acceptors (Lipinski definition) is 7. The fourth-order valence-electron chi connectivity index (χ4n) is 3.92. The summed E-state index contributed by atoms with van der Waals surface area (Å²) >= 11 is 0. The second kappa shape index (κ2) is 6.98. The first-order chi connectivity index (χ1) is 13.4. The average molecular weight is 361 g/mol. The first-order valence-electron chi connectivity index (χ1n) is 9.67. The first kappa shape index (κ1) is 16.2. The Bertz CT molecular complexity index is 916. The summed E-state index contributed by atoms with van der Waals surface area (Å²) in [7, 11) is 0. The molecule has 0 radical (unpaired) electrons. The number of anilines is 3. The number of piperazine rings is 1. The van der Waals surface area contributed by atoms with E-state index in [9.17, 15) is 0 Å². The van der Waals surface area contributed by atoms with Crippen molar-refractivity contribution in [1.29, 1.82) is 0 Å². The lowest BCUT2D eigenvalue weighted by Crippen LogP contribution is -2.47. The summed E-state index contributed by atoms with van der Waals surface area (Å²) in [5, 5.41) is 1.15. The van der Waals surface area contributed by atoms with Crippen LogP contribution in [0.5, 0.6) is 0 Å². The Hall–Kier alpha value is -2.96. The van der Waals surface area contributed by atoms with Crippen LogP contribution in [0.1, 0.15) is 12.8 Å². The van der Waals surface area contributed by atoms with Gasteiger partial charge < -0.3 is 14.7 Å². The van der Waals surface area contributed by atoms with E-state index in [-0.39, 0.29) is 0 Å². The molecule has 1 aromatic carbocycles. The van der Waals surface area contributed by atoms with E-state index in [0.29, 0.717) is 0 Å². The van der Waals surface area contributed by atoms with E-state index >= 15 is 0 Å². The zero-order valence-electron chi connectivity index (χ0n) is 15.3. The molecule has 2 fully saturated rings. The third kappa shape index (κ3) is 3.13. The molecule has 0 amide bonds. The van der Waals surface area contributed by atoms with Gasteiger partial charge in [-0.25, -0.2) is 15.0 Å². The quantitative estimate of drug-likeness (QED) is 0.709. The van der Waals surface area contributed by atoms with Crippen molar-refractivity contribution in [3.8, 4) is 0 Å². The molecular weight excluding hydrogens is 338 g/mol. The summed E-state index contributed by atoms with van der Waals surface area (Å²) in [5.74, 6) is 2.72. The molecule has 2 aromatic heterocycles. The third-order valence-corrected chi connectivity index (χ3v) is 5.37. The van der Waals surface area contributed by atoms with Gasteiger partial charge >= 0.3 is 0 Å². The zero-order valence-corrected chi connectivity index (χ0v) is 15.3. The predicted molar refractivity (Wildman–Crippen MR) is 107 cm³/mol. The van der Waals surface area contributed by atoms with E-state index in [1.807, 2.05) is 6.07 Å². The Labute approximate surface area is 158 Å². The van der Waals surface area contributed by atoms with Crippen LogP contribution in [0.4, 0.5) is 17.7 Å². The smallest absolute Gasteiger partial charge is 0.228 e. The molecule has 2 saturated heterocycles. The van der Waals surface area contributed by atoms with E-state index in [2.05, 4.69) is 48.9 Å². The average Bonchev–Trinajstić information content (AvgIpc) is 3.28. The minimum atomic E-state index is 0.800. The van der Waals surface area contributed by atoms with Gasteiger partial charge in [-0.2, -0.15) is 4.98 Å². The van der Waals surface area contributed by atoms with Crippen molar-refractivity contribution in [2.45, 2.75) is 12.8 Å². The second-order valence-corrected chi connectivity index (χ2v) is 7.08. The molecule has 0 bridgehead atoms. The monoisotopic (exact) mass is 361 g/mol. The van der Waals surface area contributed by atoms with Crippen molar-refractivity contribution >= 4 is 28.6 Å². The van der Waals surface area contributed by atoms with Crippen molar-refractivity contribution in [2.24, 2.45) is 0 Å².